The molecule has 0 unspecified atom stereocenters. The van der Waals surface area contributed by atoms with Crippen molar-refractivity contribution in [2.24, 2.45) is 0 Å². The maximum absolute atomic E-state index is 12.5. The van der Waals surface area contributed by atoms with Crippen LogP contribution in [0.25, 0.3) is 0 Å². The van der Waals surface area contributed by atoms with Gasteiger partial charge < -0.3 is 24.8 Å². The number of nitrogens with one attached hydrogen (secondary N) is 1. The number of hydrogen-bond acceptors (Lipinski definition) is 8. The highest BCUT2D eigenvalue weighted by atomic mass is 32.2. The van der Waals surface area contributed by atoms with Gasteiger partial charge in [0.25, 0.3) is 0 Å². The second-order valence-electron chi connectivity index (χ2n) is 9.42. The van der Waals surface area contributed by atoms with Crippen molar-refractivity contribution in [1.29, 1.82) is 5.26 Å². The van der Waals surface area contributed by atoms with Crippen LogP contribution in [0.15, 0.2) is 0 Å². The standard InChI is InChI=1S/C22H32N6O3S/c1-22(2,3)31-21(29)28-8-6-26(7-9-28)19-16-4-5-24-15-18(16)17(14-23)20(25-19)27-10-12-32(30)13-11-27/h24H,4-13,15H2,1-3H3. The van der Waals surface area contributed by atoms with Crippen LogP contribution in [0.5, 0.6) is 0 Å². The van der Waals surface area contributed by atoms with Crippen molar-refractivity contribution in [3.63, 3.8) is 0 Å². The van der Waals surface area contributed by atoms with Crippen molar-refractivity contribution in [3.8, 4) is 6.07 Å². The monoisotopic (exact) mass is 460 g/mol. The third-order valence-electron chi connectivity index (χ3n) is 6.04. The summed E-state index contributed by atoms with van der Waals surface area (Å²) >= 11 is 0. The van der Waals surface area contributed by atoms with E-state index in [1.807, 2.05) is 20.8 Å². The highest BCUT2D eigenvalue weighted by Crippen LogP contribution is 2.34. The van der Waals surface area contributed by atoms with Crippen molar-refractivity contribution in [2.45, 2.75) is 39.3 Å². The normalized spacial score (nSPS) is 20.0. The third-order valence-corrected chi connectivity index (χ3v) is 7.32. The number of carbonyl (C=O) groups is 1. The molecule has 10 heteroatoms. The largest absolute Gasteiger partial charge is 0.444 e. The molecule has 4 rings (SSSR count). The van der Waals surface area contributed by atoms with Crippen LogP contribution in [-0.2, 0) is 28.5 Å². The molecule has 4 heterocycles. The van der Waals surface area contributed by atoms with Gasteiger partial charge in [-0.3, -0.25) is 4.21 Å². The molecule has 9 nitrogen and oxygen atoms in total. The van der Waals surface area contributed by atoms with E-state index in [1.54, 1.807) is 4.90 Å². The third kappa shape index (κ3) is 4.84. The summed E-state index contributed by atoms with van der Waals surface area (Å²) in [5, 5.41) is 13.4. The number of anilines is 2. The van der Waals surface area contributed by atoms with Gasteiger partial charge in [0.05, 0.1) is 5.56 Å². The first kappa shape index (κ1) is 22.8. The van der Waals surface area contributed by atoms with Crippen LogP contribution >= 0.6 is 0 Å². The number of aromatic nitrogens is 1. The second-order valence-corrected chi connectivity index (χ2v) is 11.1. The molecule has 0 spiro atoms. The summed E-state index contributed by atoms with van der Waals surface area (Å²) in [6.45, 7) is 10.9. The van der Waals surface area contributed by atoms with Crippen molar-refractivity contribution < 1.29 is 13.7 Å². The van der Waals surface area contributed by atoms with Crippen LogP contribution in [0, 0.1) is 11.3 Å². The fourth-order valence-electron chi connectivity index (χ4n) is 4.41. The van der Waals surface area contributed by atoms with Gasteiger partial charge in [-0.05, 0) is 39.3 Å². The van der Waals surface area contributed by atoms with Gasteiger partial charge in [-0.2, -0.15) is 5.26 Å². The van der Waals surface area contributed by atoms with E-state index in [-0.39, 0.29) is 6.09 Å². The van der Waals surface area contributed by atoms with Crippen LogP contribution < -0.4 is 15.1 Å². The Morgan fingerprint density at radius 3 is 2.34 bits per heavy atom. The molecule has 1 aromatic rings. The summed E-state index contributed by atoms with van der Waals surface area (Å²) in [7, 11) is -0.795. The Morgan fingerprint density at radius 1 is 1.06 bits per heavy atom. The van der Waals surface area contributed by atoms with Crippen molar-refractivity contribution >= 4 is 28.5 Å². The van der Waals surface area contributed by atoms with Crippen LogP contribution in [0.3, 0.4) is 0 Å². The lowest BCUT2D eigenvalue weighted by Gasteiger charge is -2.38. The number of hydrogen-bond donors (Lipinski definition) is 1. The highest BCUT2D eigenvalue weighted by Gasteiger charge is 2.31. The minimum atomic E-state index is -0.795. The number of rotatable bonds is 2. The number of fused-ring (bicyclic) bond motifs is 1. The molecule has 0 radical (unpaired) electrons. The molecule has 3 aliphatic heterocycles. The van der Waals surface area contributed by atoms with Crippen molar-refractivity contribution in [1.82, 2.24) is 15.2 Å². The second kappa shape index (κ2) is 9.24. The van der Waals surface area contributed by atoms with E-state index in [4.69, 9.17) is 9.72 Å². The summed E-state index contributed by atoms with van der Waals surface area (Å²) in [6, 6.07) is 2.40. The van der Waals surface area contributed by atoms with E-state index in [0.717, 1.165) is 29.9 Å². The lowest BCUT2D eigenvalue weighted by molar-refractivity contribution is 0.0240. The highest BCUT2D eigenvalue weighted by molar-refractivity contribution is 7.85. The fourth-order valence-corrected chi connectivity index (χ4v) is 5.47. The molecule has 1 N–H and O–H groups in total. The summed E-state index contributed by atoms with van der Waals surface area (Å²) < 4.78 is 17.4. The molecule has 0 aromatic carbocycles. The molecule has 32 heavy (non-hydrogen) atoms. The molecule has 1 aromatic heterocycles. The molecule has 0 aliphatic carbocycles. The Balaban J connectivity index is 1.60. The molecule has 2 saturated heterocycles. The zero-order valence-corrected chi connectivity index (χ0v) is 20.0. The maximum atomic E-state index is 12.5. The molecule has 1 amide bonds. The van der Waals surface area contributed by atoms with Gasteiger partial charge in [0, 0.05) is 73.7 Å². The Labute approximate surface area is 192 Å². The number of nitriles is 1. The van der Waals surface area contributed by atoms with E-state index >= 15 is 0 Å². The van der Waals surface area contributed by atoms with Gasteiger partial charge in [0.2, 0.25) is 0 Å². The van der Waals surface area contributed by atoms with E-state index in [0.29, 0.717) is 68.7 Å². The molecule has 0 atom stereocenters. The predicted octanol–water partition coefficient (Wildman–Crippen LogP) is 1.22. The first-order chi connectivity index (χ1) is 15.3. The smallest absolute Gasteiger partial charge is 0.410 e. The van der Waals surface area contributed by atoms with Crippen LogP contribution in [0.4, 0.5) is 16.4 Å². The van der Waals surface area contributed by atoms with Gasteiger partial charge in [-0.15, -0.1) is 0 Å². The number of pyridine rings is 1. The molecule has 0 saturated carbocycles. The first-order valence-corrected chi connectivity index (χ1v) is 12.7. The Morgan fingerprint density at radius 2 is 1.72 bits per heavy atom. The van der Waals surface area contributed by atoms with Gasteiger partial charge in [0.15, 0.2) is 0 Å². The van der Waals surface area contributed by atoms with Crippen LogP contribution in [0.1, 0.15) is 37.5 Å². The lowest BCUT2D eigenvalue weighted by atomic mass is 9.96. The average Bonchev–Trinajstić information content (AvgIpc) is 2.77. The molecule has 174 valence electrons. The molecule has 2 fully saturated rings. The van der Waals surface area contributed by atoms with E-state index in [9.17, 15) is 14.3 Å². The molecule has 0 bridgehead atoms. The lowest BCUT2D eigenvalue weighted by Crippen LogP contribution is -2.51. The Hall–Kier alpha value is -2.38. The number of carbonyl (C=O) groups excluding carboxylic acids is 1. The Kier molecular flexibility index (Phi) is 6.58. The van der Waals surface area contributed by atoms with Crippen molar-refractivity contribution in [3.05, 3.63) is 16.7 Å². The summed E-state index contributed by atoms with van der Waals surface area (Å²) in [6.07, 6.45) is 0.543. The quantitative estimate of drug-likeness (QED) is 0.703. The van der Waals surface area contributed by atoms with Gasteiger partial charge >= 0.3 is 6.09 Å². The zero-order chi connectivity index (χ0) is 22.9. The minimum absolute atomic E-state index is 0.279. The summed E-state index contributed by atoms with van der Waals surface area (Å²) in [5.41, 5.74) is 2.29. The first-order valence-electron chi connectivity index (χ1n) is 11.3. The number of piperazine rings is 1. The maximum Gasteiger partial charge on any atom is 0.410 e. The van der Waals surface area contributed by atoms with Gasteiger partial charge in [0.1, 0.15) is 23.3 Å². The van der Waals surface area contributed by atoms with Crippen LogP contribution in [-0.4, -0.2) is 83.1 Å². The molecular weight excluding hydrogens is 428 g/mol. The van der Waals surface area contributed by atoms with Gasteiger partial charge in [-0.1, -0.05) is 0 Å². The topological polar surface area (TPSA) is 102 Å². The van der Waals surface area contributed by atoms with E-state index in [1.165, 1.54) is 0 Å². The predicted molar refractivity (Wildman–Crippen MR) is 124 cm³/mol. The molecular formula is C22H32N6O3S. The van der Waals surface area contributed by atoms with Crippen LogP contribution in [0.2, 0.25) is 0 Å². The minimum Gasteiger partial charge on any atom is -0.444 e. The van der Waals surface area contributed by atoms with E-state index < -0.39 is 16.4 Å². The van der Waals surface area contributed by atoms with Gasteiger partial charge in [-0.25, -0.2) is 9.78 Å². The zero-order valence-electron chi connectivity index (χ0n) is 19.1. The number of ether oxygens (including phenoxy) is 1. The van der Waals surface area contributed by atoms with Crippen molar-refractivity contribution in [2.75, 3.05) is 67.1 Å². The average molecular weight is 461 g/mol. The molecule has 3 aliphatic rings. The summed E-state index contributed by atoms with van der Waals surface area (Å²) in [5.74, 6) is 2.83. The number of nitrogens with zero attached hydrogens (tertiary/aromatic N) is 5. The SMILES string of the molecule is CC(C)(C)OC(=O)N1CCN(c2nc(N3CCS(=O)CC3)c(C#N)c3c2CCNC3)CC1. The summed E-state index contributed by atoms with van der Waals surface area (Å²) in [4.78, 5) is 23.6. The fraction of sp³-hybridized carbons (Fsp3) is 0.682. The van der Waals surface area contributed by atoms with E-state index in [2.05, 4.69) is 21.2 Å². The number of amides is 1. The Bertz CT molecular complexity index is 936.